The lowest BCUT2D eigenvalue weighted by atomic mass is 10.0. The predicted molar refractivity (Wildman–Crippen MR) is 104 cm³/mol. The molecule has 0 aliphatic rings. The van der Waals surface area contributed by atoms with E-state index in [9.17, 15) is 10.0 Å². The Kier molecular flexibility index (Phi) is 6.91. The fourth-order valence-electron chi connectivity index (χ4n) is 2.74. The van der Waals surface area contributed by atoms with Crippen LogP contribution in [0.15, 0.2) is 36.4 Å². The van der Waals surface area contributed by atoms with Gasteiger partial charge in [0.15, 0.2) is 0 Å². The van der Waals surface area contributed by atoms with Gasteiger partial charge < -0.3 is 4.74 Å². The Morgan fingerprint density at radius 1 is 1.16 bits per heavy atom. The Hall–Kier alpha value is -1.98. The molecule has 0 heterocycles. The molecule has 2 aromatic carbocycles. The Balaban J connectivity index is 2.29. The van der Waals surface area contributed by atoms with Crippen LogP contribution in [0.2, 0.25) is 0 Å². The van der Waals surface area contributed by atoms with Crippen molar-refractivity contribution in [2.75, 3.05) is 11.3 Å². The number of carbonyl (C=O) groups is 1. The van der Waals surface area contributed by atoms with Crippen LogP contribution in [0.25, 0.3) is 0 Å². The Morgan fingerprint density at radius 2 is 1.88 bits per heavy atom. The quantitative estimate of drug-likeness (QED) is 0.556. The van der Waals surface area contributed by atoms with E-state index in [4.69, 9.17) is 4.74 Å². The van der Waals surface area contributed by atoms with E-state index in [-0.39, 0.29) is 6.61 Å². The van der Waals surface area contributed by atoms with Crippen LogP contribution in [-0.2, 0) is 19.4 Å². The lowest BCUT2D eigenvalue weighted by Gasteiger charge is -2.21. The number of benzene rings is 2. The van der Waals surface area contributed by atoms with Crippen LogP contribution in [0.3, 0.4) is 0 Å². The summed E-state index contributed by atoms with van der Waals surface area (Å²) in [6.45, 7) is 6.42. The molecular weight excluding hydrogens is 334 g/mol. The van der Waals surface area contributed by atoms with E-state index in [0.29, 0.717) is 12.1 Å². The SMILES string of the molecule is CCc1ccc(OCc2cccc(CC)c2N(O)C(=O)SC)c(C)c1. The third-order valence-electron chi connectivity index (χ3n) is 4.17. The van der Waals surface area contributed by atoms with Gasteiger partial charge in [0.25, 0.3) is 0 Å². The first-order valence-electron chi connectivity index (χ1n) is 8.41. The molecule has 25 heavy (non-hydrogen) atoms. The number of hydrogen-bond donors (Lipinski definition) is 1. The molecular formula is C20H25NO3S. The van der Waals surface area contributed by atoms with Gasteiger partial charge in [0.2, 0.25) is 0 Å². The summed E-state index contributed by atoms with van der Waals surface area (Å²) >= 11 is 0.973. The van der Waals surface area contributed by atoms with Gasteiger partial charge in [-0.25, -0.2) is 0 Å². The number of ether oxygens (including phenoxy) is 1. The van der Waals surface area contributed by atoms with Gasteiger partial charge in [-0.15, -0.1) is 0 Å². The number of thioether (sulfide) groups is 1. The van der Waals surface area contributed by atoms with Crippen LogP contribution in [0.1, 0.15) is 36.1 Å². The van der Waals surface area contributed by atoms with Crippen LogP contribution >= 0.6 is 11.8 Å². The Morgan fingerprint density at radius 3 is 2.48 bits per heavy atom. The van der Waals surface area contributed by atoms with E-state index < -0.39 is 5.24 Å². The van der Waals surface area contributed by atoms with Crippen LogP contribution in [0.5, 0.6) is 5.75 Å². The van der Waals surface area contributed by atoms with E-state index in [1.807, 2.05) is 38.1 Å². The Labute approximate surface area is 153 Å². The minimum atomic E-state index is -0.411. The minimum absolute atomic E-state index is 0.286. The first kappa shape index (κ1) is 19.3. The molecule has 2 rings (SSSR count). The molecule has 0 aromatic heterocycles. The van der Waals surface area contributed by atoms with E-state index in [1.54, 1.807) is 6.26 Å². The van der Waals surface area contributed by atoms with Gasteiger partial charge >= 0.3 is 5.24 Å². The molecule has 134 valence electrons. The normalized spacial score (nSPS) is 10.6. The second-order valence-corrected chi connectivity index (χ2v) is 6.56. The maximum absolute atomic E-state index is 11.9. The van der Waals surface area contributed by atoms with Gasteiger partial charge in [-0.05, 0) is 48.8 Å². The zero-order chi connectivity index (χ0) is 18.4. The number of rotatable bonds is 6. The topological polar surface area (TPSA) is 49.8 Å². The van der Waals surface area contributed by atoms with Crippen molar-refractivity contribution in [3.63, 3.8) is 0 Å². The van der Waals surface area contributed by atoms with Crippen molar-refractivity contribution < 1.29 is 14.7 Å². The monoisotopic (exact) mass is 359 g/mol. The second kappa shape index (κ2) is 8.92. The van der Waals surface area contributed by atoms with E-state index in [2.05, 4.69) is 19.1 Å². The number of anilines is 1. The fraction of sp³-hybridized carbons (Fsp3) is 0.350. The highest BCUT2D eigenvalue weighted by molar-refractivity contribution is 8.13. The summed E-state index contributed by atoms with van der Waals surface area (Å²) < 4.78 is 5.97. The number of carbonyl (C=O) groups excluding carboxylic acids is 1. The van der Waals surface area contributed by atoms with Crippen molar-refractivity contribution in [2.45, 2.75) is 40.2 Å². The number of amides is 1. The molecule has 0 spiro atoms. The molecule has 1 N–H and O–H groups in total. The summed E-state index contributed by atoms with van der Waals surface area (Å²) in [6.07, 6.45) is 3.35. The van der Waals surface area contributed by atoms with Gasteiger partial charge in [0, 0.05) is 5.56 Å². The van der Waals surface area contributed by atoms with Gasteiger partial charge in [-0.2, -0.15) is 5.06 Å². The summed E-state index contributed by atoms with van der Waals surface area (Å²) in [5, 5.41) is 10.6. The molecule has 1 amide bonds. The van der Waals surface area contributed by atoms with Crippen LogP contribution in [0.4, 0.5) is 10.5 Å². The van der Waals surface area contributed by atoms with Gasteiger partial charge in [-0.3, -0.25) is 10.0 Å². The van der Waals surface area contributed by atoms with Crippen LogP contribution < -0.4 is 9.80 Å². The molecule has 4 nitrogen and oxygen atoms in total. The highest BCUT2D eigenvalue weighted by atomic mass is 32.2. The van der Waals surface area contributed by atoms with Gasteiger partial charge in [0.1, 0.15) is 12.4 Å². The molecule has 0 fully saturated rings. The zero-order valence-electron chi connectivity index (χ0n) is 15.2. The molecule has 5 heteroatoms. The van der Waals surface area contributed by atoms with E-state index in [0.717, 1.165) is 45.7 Å². The van der Waals surface area contributed by atoms with Crippen molar-refractivity contribution >= 4 is 22.7 Å². The highest BCUT2D eigenvalue weighted by Crippen LogP contribution is 2.29. The molecule has 2 aromatic rings. The first-order valence-corrected chi connectivity index (χ1v) is 9.64. The number of para-hydroxylation sites is 1. The number of nitrogens with zero attached hydrogens (tertiary/aromatic N) is 1. The van der Waals surface area contributed by atoms with Gasteiger partial charge in [-0.1, -0.05) is 55.9 Å². The zero-order valence-corrected chi connectivity index (χ0v) is 16.0. The molecule has 0 saturated carbocycles. The van der Waals surface area contributed by atoms with Crippen molar-refractivity contribution in [1.82, 2.24) is 0 Å². The number of hydroxylamine groups is 1. The van der Waals surface area contributed by atoms with Crippen molar-refractivity contribution in [2.24, 2.45) is 0 Å². The molecule has 0 saturated heterocycles. The summed E-state index contributed by atoms with van der Waals surface area (Å²) in [5.41, 5.74) is 4.55. The highest BCUT2D eigenvalue weighted by Gasteiger charge is 2.19. The maximum atomic E-state index is 11.9. The largest absolute Gasteiger partial charge is 0.489 e. The summed E-state index contributed by atoms with van der Waals surface area (Å²) in [7, 11) is 0. The van der Waals surface area contributed by atoms with E-state index in [1.165, 1.54) is 5.56 Å². The number of hydrogen-bond acceptors (Lipinski definition) is 4. The first-order chi connectivity index (χ1) is 12.0. The second-order valence-electron chi connectivity index (χ2n) is 5.80. The fourth-order valence-corrected chi connectivity index (χ4v) is 3.01. The third kappa shape index (κ3) is 4.55. The molecule has 0 unspecified atom stereocenters. The van der Waals surface area contributed by atoms with Crippen molar-refractivity contribution in [1.29, 1.82) is 0 Å². The molecule has 0 radical (unpaired) electrons. The van der Waals surface area contributed by atoms with E-state index >= 15 is 0 Å². The average molecular weight is 359 g/mol. The summed E-state index contributed by atoms with van der Waals surface area (Å²) in [5.74, 6) is 0.811. The molecule has 0 bridgehead atoms. The molecule has 0 atom stereocenters. The lowest BCUT2D eigenvalue weighted by Crippen LogP contribution is -2.25. The summed E-state index contributed by atoms with van der Waals surface area (Å²) in [6, 6.07) is 11.9. The van der Waals surface area contributed by atoms with Crippen molar-refractivity contribution in [3.8, 4) is 5.75 Å². The van der Waals surface area contributed by atoms with Crippen molar-refractivity contribution in [3.05, 3.63) is 58.7 Å². The average Bonchev–Trinajstić information content (AvgIpc) is 2.65. The van der Waals surface area contributed by atoms with Gasteiger partial charge in [0.05, 0.1) is 5.69 Å². The maximum Gasteiger partial charge on any atom is 0.309 e. The summed E-state index contributed by atoms with van der Waals surface area (Å²) in [4.78, 5) is 11.9. The third-order valence-corrected chi connectivity index (χ3v) is 4.70. The number of aryl methyl sites for hydroxylation is 3. The molecule has 0 aliphatic carbocycles. The smallest absolute Gasteiger partial charge is 0.309 e. The lowest BCUT2D eigenvalue weighted by molar-refractivity contribution is 0.223. The predicted octanol–water partition coefficient (Wildman–Crippen LogP) is 5.38. The molecule has 0 aliphatic heterocycles. The van der Waals surface area contributed by atoms with Crippen LogP contribution in [0, 0.1) is 6.92 Å². The standard InChI is InChI=1S/C20H25NO3S/c1-5-15-10-11-18(14(3)12-15)24-13-17-9-7-8-16(6-2)19(17)21(23)20(22)25-4/h7-12,23H,5-6,13H2,1-4H3. The van der Waals surface area contributed by atoms with Crippen LogP contribution in [-0.4, -0.2) is 16.7 Å². The minimum Gasteiger partial charge on any atom is -0.489 e. The Bertz CT molecular complexity index is 746.